The van der Waals surface area contributed by atoms with Gasteiger partial charge >= 0.3 is 5.97 Å². The molecule has 0 aromatic carbocycles. The highest BCUT2D eigenvalue weighted by atomic mass is 19.1. The molecule has 0 aromatic heterocycles. The molecule has 3 saturated carbocycles. The van der Waals surface area contributed by atoms with Crippen LogP contribution in [0.25, 0.3) is 0 Å². The van der Waals surface area contributed by atoms with Gasteiger partial charge < -0.3 is 19.3 Å². The van der Waals surface area contributed by atoms with Gasteiger partial charge in [-0.05, 0) is 73.3 Å². The van der Waals surface area contributed by atoms with Crippen molar-refractivity contribution in [2.45, 2.75) is 193 Å². The molecule has 1 N–H and O–H groups in total. The summed E-state index contributed by atoms with van der Waals surface area (Å²) in [6.07, 6.45) is 17.9. The zero-order chi connectivity index (χ0) is 35.2. The van der Waals surface area contributed by atoms with Crippen LogP contribution in [0.4, 0.5) is 4.39 Å². The molecule has 0 aromatic rings. The van der Waals surface area contributed by atoms with Crippen molar-refractivity contribution in [3.8, 4) is 0 Å². The van der Waals surface area contributed by atoms with E-state index in [1.54, 1.807) is 0 Å². The summed E-state index contributed by atoms with van der Waals surface area (Å²) in [6, 6.07) is 0. The van der Waals surface area contributed by atoms with E-state index < -0.39 is 41.1 Å². The summed E-state index contributed by atoms with van der Waals surface area (Å²) in [6.45, 7) is 7.92. The van der Waals surface area contributed by atoms with Crippen LogP contribution in [-0.4, -0.2) is 59.5 Å². The van der Waals surface area contributed by atoms with Gasteiger partial charge in [-0.3, -0.25) is 14.4 Å². The SMILES string of the molecule is CCCCCCCCCCCCCCCC(=O)OCC(=O)[C@@]12OC(CCC)O[C@@H]1C[C@H]1[C@@H]3C[C@H](F)C4=CC(=O)CC[C@]4(C)[C@H]3[C@@H](O)C[C@@]12C. The second-order valence-electron chi connectivity index (χ2n) is 16.7. The van der Waals surface area contributed by atoms with Gasteiger partial charge in [-0.15, -0.1) is 0 Å². The number of alkyl halides is 1. The summed E-state index contributed by atoms with van der Waals surface area (Å²) in [4.78, 5) is 39.4. The van der Waals surface area contributed by atoms with E-state index in [-0.39, 0.29) is 54.7 Å². The molecule has 0 spiro atoms. The molecule has 0 bridgehead atoms. The zero-order valence-electron chi connectivity index (χ0n) is 30.9. The number of Topliss-reactive ketones (excluding diaryl/α,β-unsaturated/α-hetero) is 1. The number of rotatable bonds is 19. The first-order chi connectivity index (χ1) is 23.5. The van der Waals surface area contributed by atoms with Crippen LogP contribution in [0.3, 0.4) is 0 Å². The van der Waals surface area contributed by atoms with E-state index in [1.165, 1.54) is 70.3 Å². The number of unbranched alkanes of at least 4 members (excludes halogenated alkanes) is 12. The molecule has 4 fully saturated rings. The quantitative estimate of drug-likeness (QED) is 0.107. The third-order valence-electron chi connectivity index (χ3n) is 13.5. The Hall–Kier alpha value is -1.64. The molecule has 49 heavy (non-hydrogen) atoms. The van der Waals surface area contributed by atoms with Gasteiger partial charge in [0.05, 0.1) is 12.2 Å². The van der Waals surface area contributed by atoms with Gasteiger partial charge in [-0.25, -0.2) is 4.39 Å². The molecular weight excluding hydrogens is 623 g/mol. The minimum Gasteiger partial charge on any atom is -0.458 e. The van der Waals surface area contributed by atoms with Crippen molar-refractivity contribution in [3.63, 3.8) is 0 Å². The normalized spacial score (nSPS) is 38.0. The lowest BCUT2D eigenvalue weighted by atomic mass is 9.45. The molecule has 0 amide bonds. The Labute approximate surface area is 294 Å². The van der Waals surface area contributed by atoms with Crippen LogP contribution in [0.15, 0.2) is 11.6 Å². The molecule has 1 saturated heterocycles. The first kappa shape index (κ1) is 38.6. The molecule has 1 heterocycles. The molecule has 1 unspecified atom stereocenters. The largest absolute Gasteiger partial charge is 0.458 e. The lowest BCUT2D eigenvalue weighted by Crippen LogP contribution is -2.64. The number of aliphatic hydroxyl groups excluding tert-OH is 1. The maximum atomic E-state index is 15.9. The molecule has 1 aliphatic heterocycles. The predicted molar refractivity (Wildman–Crippen MR) is 187 cm³/mol. The van der Waals surface area contributed by atoms with E-state index in [2.05, 4.69) is 6.92 Å². The Bertz CT molecular complexity index is 1190. The third-order valence-corrected chi connectivity index (χ3v) is 13.5. The topological polar surface area (TPSA) is 99.1 Å². The van der Waals surface area contributed by atoms with Gasteiger partial charge in [0, 0.05) is 18.3 Å². The number of ether oxygens (including phenoxy) is 3. The summed E-state index contributed by atoms with van der Waals surface area (Å²) >= 11 is 0. The highest BCUT2D eigenvalue weighted by molar-refractivity contribution is 5.93. The van der Waals surface area contributed by atoms with Gasteiger partial charge in [0.25, 0.3) is 0 Å². The van der Waals surface area contributed by atoms with Gasteiger partial charge in [0.1, 0.15) is 6.17 Å². The van der Waals surface area contributed by atoms with Crippen molar-refractivity contribution < 1.29 is 38.1 Å². The van der Waals surface area contributed by atoms with E-state index >= 15 is 4.39 Å². The van der Waals surface area contributed by atoms with Crippen molar-refractivity contribution >= 4 is 17.5 Å². The Kier molecular flexibility index (Phi) is 13.2. The number of ketones is 2. The number of allylic oxidation sites excluding steroid dienone is 1. The fourth-order valence-corrected chi connectivity index (χ4v) is 11.0. The molecule has 8 heteroatoms. The van der Waals surface area contributed by atoms with Crippen LogP contribution in [-0.2, 0) is 28.6 Å². The molecule has 278 valence electrons. The fourth-order valence-electron chi connectivity index (χ4n) is 11.0. The van der Waals surface area contributed by atoms with Crippen LogP contribution >= 0.6 is 0 Å². The maximum Gasteiger partial charge on any atom is 0.306 e. The lowest BCUT2D eigenvalue weighted by molar-refractivity contribution is -0.206. The summed E-state index contributed by atoms with van der Waals surface area (Å²) in [5.74, 6) is -1.25. The first-order valence-electron chi connectivity index (χ1n) is 20.1. The molecule has 0 radical (unpaired) electrons. The highest BCUT2D eigenvalue weighted by Gasteiger charge is 2.76. The summed E-state index contributed by atoms with van der Waals surface area (Å²) in [7, 11) is 0. The van der Waals surface area contributed by atoms with Crippen LogP contribution < -0.4 is 0 Å². The number of carbonyl (C=O) groups excluding carboxylic acids is 3. The average molecular weight is 689 g/mol. The fraction of sp³-hybridized carbons (Fsp3) is 0.878. The Balaban J connectivity index is 1.15. The number of hydrogen-bond donors (Lipinski definition) is 1. The lowest BCUT2D eigenvalue weighted by Gasteiger charge is -2.61. The number of fused-ring (bicyclic) bond motifs is 7. The molecule has 5 aliphatic rings. The predicted octanol–water partition coefficient (Wildman–Crippen LogP) is 8.92. The number of carbonyl (C=O) groups is 3. The van der Waals surface area contributed by atoms with E-state index in [0.29, 0.717) is 37.7 Å². The monoisotopic (exact) mass is 688 g/mol. The van der Waals surface area contributed by atoms with Crippen LogP contribution in [0, 0.1) is 28.6 Å². The smallest absolute Gasteiger partial charge is 0.306 e. The van der Waals surface area contributed by atoms with Gasteiger partial charge in [0.2, 0.25) is 5.78 Å². The van der Waals surface area contributed by atoms with Gasteiger partial charge in [0.15, 0.2) is 24.3 Å². The van der Waals surface area contributed by atoms with E-state index in [1.807, 2.05) is 20.8 Å². The second-order valence-corrected chi connectivity index (χ2v) is 16.7. The van der Waals surface area contributed by atoms with E-state index in [0.717, 1.165) is 25.7 Å². The van der Waals surface area contributed by atoms with Gasteiger partial charge in [-0.1, -0.05) is 111 Å². The summed E-state index contributed by atoms with van der Waals surface area (Å²) < 4.78 is 34.6. The Morgan fingerprint density at radius 3 is 2.20 bits per heavy atom. The molecule has 10 atom stereocenters. The first-order valence-corrected chi connectivity index (χ1v) is 20.1. The minimum atomic E-state index is -1.37. The molecule has 5 rings (SSSR count). The van der Waals surface area contributed by atoms with Crippen molar-refractivity contribution in [2.75, 3.05) is 6.61 Å². The summed E-state index contributed by atoms with van der Waals surface area (Å²) in [5.41, 5.74) is -2.27. The minimum absolute atomic E-state index is 0.0453. The van der Waals surface area contributed by atoms with Crippen LogP contribution in [0.5, 0.6) is 0 Å². The standard InChI is InChI=1S/C41H65FO7/c1-5-7-8-9-10-11-12-13-14-15-16-17-18-20-36(46)47-27-34(45)41-35(48-37(49-41)19-6-2)25-30-29-24-32(42)31-23-28(43)21-22-39(31,3)38(29)33(44)26-40(30,41)4/h23,29-30,32-33,35,37-38,44H,5-22,24-27H2,1-4H3/t29-,30-,32-,33-,35+,37?,38+,39-,40-,41+/m0/s1. The zero-order valence-corrected chi connectivity index (χ0v) is 30.9. The third kappa shape index (κ3) is 7.77. The Morgan fingerprint density at radius 2 is 1.57 bits per heavy atom. The highest BCUT2D eigenvalue weighted by Crippen LogP contribution is 2.70. The number of aliphatic hydroxyl groups is 1. The van der Waals surface area contributed by atoms with E-state index in [4.69, 9.17) is 14.2 Å². The molecule has 7 nitrogen and oxygen atoms in total. The van der Waals surface area contributed by atoms with Crippen LogP contribution in [0.1, 0.15) is 163 Å². The number of esters is 1. The molecular formula is C41H65FO7. The second kappa shape index (κ2) is 16.8. The van der Waals surface area contributed by atoms with Crippen molar-refractivity contribution in [2.24, 2.45) is 28.6 Å². The molecule has 4 aliphatic carbocycles. The number of halogens is 1. The van der Waals surface area contributed by atoms with Gasteiger partial charge in [-0.2, -0.15) is 0 Å². The Morgan fingerprint density at radius 1 is 0.939 bits per heavy atom. The van der Waals surface area contributed by atoms with Crippen molar-refractivity contribution in [1.82, 2.24) is 0 Å². The van der Waals surface area contributed by atoms with E-state index in [9.17, 15) is 19.5 Å². The average Bonchev–Trinajstić information content (AvgIpc) is 3.54. The summed E-state index contributed by atoms with van der Waals surface area (Å²) in [5, 5.41) is 11.9. The maximum absolute atomic E-state index is 15.9. The van der Waals surface area contributed by atoms with Crippen molar-refractivity contribution in [3.05, 3.63) is 11.6 Å². The van der Waals surface area contributed by atoms with Crippen LogP contribution in [0.2, 0.25) is 0 Å². The van der Waals surface area contributed by atoms with Crippen molar-refractivity contribution in [1.29, 1.82) is 0 Å². The number of hydrogen-bond acceptors (Lipinski definition) is 7.